The van der Waals surface area contributed by atoms with Crippen LogP contribution in [-0.4, -0.2) is 38.8 Å². The highest BCUT2D eigenvalue weighted by molar-refractivity contribution is 7.99. The summed E-state index contributed by atoms with van der Waals surface area (Å²) in [6.45, 7) is 2.08. The molecule has 0 radical (unpaired) electrons. The van der Waals surface area contributed by atoms with Crippen LogP contribution < -0.4 is 5.32 Å². The second-order valence-corrected chi connectivity index (χ2v) is 6.00. The highest BCUT2D eigenvalue weighted by atomic mass is 32.2. The van der Waals surface area contributed by atoms with Gasteiger partial charge in [-0.25, -0.2) is 4.68 Å². The molecule has 0 spiro atoms. The fourth-order valence-corrected chi connectivity index (χ4v) is 2.80. The second-order valence-electron chi connectivity index (χ2n) is 4.06. The molecule has 1 heterocycles. The molecule has 0 amide bonds. The Morgan fingerprint density at radius 3 is 2.68 bits per heavy atom. The fraction of sp³-hybridized carbons (Fsp3) is 0.417. The zero-order chi connectivity index (χ0) is 13.5. The van der Waals surface area contributed by atoms with E-state index in [-0.39, 0.29) is 0 Å². The number of tetrazole rings is 1. The van der Waals surface area contributed by atoms with Gasteiger partial charge in [-0.05, 0) is 28.8 Å². The third kappa shape index (κ3) is 4.52. The molecule has 0 aliphatic heterocycles. The number of quaternary nitrogens is 1. The Hall–Kier alpha value is -1.05. The number of nitrogens with two attached hydrogens (primary N) is 1. The Balaban J connectivity index is 1.65. The summed E-state index contributed by atoms with van der Waals surface area (Å²) in [6.07, 6.45) is 2.10. The van der Waals surface area contributed by atoms with Gasteiger partial charge in [-0.1, -0.05) is 23.9 Å². The van der Waals surface area contributed by atoms with E-state index in [4.69, 9.17) is 0 Å². The normalized spacial score (nSPS) is 10.8. The van der Waals surface area contributed by atoms with E-state index in [1.165, 1.54) is 10.5 Å². The van der Waals surface area contributed by atoms with Crippen LogP contribution in [0.5, 0.6) is 0 Å². The Morgan fingerprint density at radius 1 is 1.26 bits per heavy atom. The van der Waals surface area contributed by atoms with Gasteiger partial charge in [0, 0.05) is 17.5 Å². The van der Waals surface area contributed by atoms with E-state index in [1.54, 1.807) is 28.2 Å². The first-order chi connectivity index (χ1) is 9.29. The molecule has 102 valence electrons. The average molecular weight is 296 g/mol. The summed E-state index contributed by atoms with van der Waals surface area (Å²) in [5, 5.41) is 14.5. The van der Waals surface area contributed by atoms with Crippen molar-refractivity contribution in [2.45, 2.75) is 16.6 Å². The molecule has 1 aromatic heterocycles. The van der Waals surface area contributed by atoms with Crippen molar-refractivity contribution in [1.29, 1.82) is 0 Å². The van der Waals surface area contributed by atoms with Crippen molar-refractivity contribution in [3.05, 3.63) is 29.8 Å². The highest BCUT2D eigenvalue weighted by Gasteiger charge is 2.03. The first-order valence-electron chi connectivity index (χ1n) is 6.09. The van der Waals surface area contributed by atoms with Crippen LogP contribution in [0, 0.1) is 0 Å². The second kappa shape index (κ2) is 7.52. The van der Waals surface area contributed by atoms with Gasteiger partial charge in [0.25, 0.3) is 0 Å². The van der Waals surface area contributed by atoms with Gasteiger partial charge in [-0.3, -0.25) is 0 Å². The van der Waals surface area contributed by atoms with Gasteiger partial charge in [0.2, 0.25) is 5.16 Å². The molecule has 0 atom stereocenters. The molecule has 1 aromatic carbocycles. The maximum atomic E-state index is 3.94. The van der Waals surface area contributed by atoms with E-state index >= 15 is 0 Å². The number of benzene rings is 1. The molecule has 0 unspecified atom stereocenters. The van der Waals surface area contributed by atoms with Crippen molar-refractivity contribution < 1.29 is 5.32 Å². The van der Waals surface area contributed by atoms with E-state index < -0.39 is 0 Å². The number of thioether (sulfide) groups is 2. The van der Waals surface area contributed by atoms with Crippen LogP contribution >= 0.6 is 23.5 Å². The zero-order valence-electron chi connectivity index (χ0n) is 11.1. The summed E-state index contributed by atoms with van der Waals surface area (Å²) in [5.41, 5.74) is 1.36. The molecule has 7 heteroatoms. The van der Waals surface area contributed by atoms with Crippen LogP contribution in [0.25, 0.3) is 0 Å². The van der Waals surface area contributed by atoms with E-state index in [0.717, 1.165) is 24.0 Å². The summed E-state index contributed by atoms with van der Waals surface area (Å²) in [5.74, 6) is 1.01. The van der Waals surface area contributed by atoms with Gasteiger partial charge in [-0.15, -0.1) is 16.9 Å². The molecule has 2 rings (SSSR count). The molecule has 2 aromatic rings. The summed E-state index contributed by atoms with van der Waals surface area (Å²) in [6, 6.07) is 8.74. The lowest BCUT2D eigenvalue weighted by molar-refractivity contribution is -0.666. The van der Waals surface area contributed by atoms with E-state index in [2.05, 4.69) is 51.4 Å². The molecule has 2 N–H and O–H groups in total. The molecule has 0 aliphatic rings. The van der Waals surface area contributed by atoms with E-state index in [9.17, 15) is 0 Å². The van der Waals surface area contributed by atoms with Crippen molar-refractivity contribution >= 4 is 23.5 Å². The lowest BCUT2D eigenvalue weighted by Gasteiger charge is -2.02. The molecule has 0 fully saturated rings. The number of hydrogen-bond acceptors (Lipinski definition) is 5. The first kappa shape index (κ1) is 14.4. The monoisotopic (exact) mass is 296 g/mol. The average Bonchev–Trinajstić information content (AvgIpc) is 2.85. The van der Waals surface area contributed by atoms with Gasteiger partial charge < -0.3 is 5.32 Å². The smallest absolute Gasteiger partial charge is 0.209 e. The predicted molar refractivity (Wildman–Crippen MR) is 78.2 cm³/mol. The molecule has 0 saturated carbocycles. The van der Waals surface area contributed by atoms with Crippen LogP contribution in [0.1, 0.15) is 5.56 Å². The van der Waals surface area contributed by atoms with E-state index in [1.807, 2.05) is 7.05 Å². The number of hydrogen-bond donors (Lipinski definition) is 1. The Bertz CT molecular complexity index is 497. The van der Waals surface area contributed by atoms with Crippen molar-refractivity contribution in [3.8, 4) is 0 Å². The number of rotatable bonds is 7. The van der Waals surface area contributed by atoms with Crippen LogP contribution in [0.15, 0.2) is 34.3 Å². The maximum Gasteiger partial charge on any atom is 0.209 e. The van der Waals surface area contributed by atoms with Gasteiger partial charge in [0.1, 0.15) is 6.54 Å². The SMILES string of the molecule is CSc1ccc(C[NH2+]CCSc2nnnn2C)cc1. The molecular weight excluding hydrogens is 278 g/mol. The van der Waals surface area contributed by atoms with Gasteiger partial charge >= 0.3 is 0 Å². The van der Waals surface area contributed by atoms with Crippen LogP contribution in [0.4, 0.5) is 0 Å². The highest BCUT2D eigenvalue weighted by Crippen LogP contribution is 2.14. The minimum atomic E-state index is 0.873. The lowest BCUT2D eigenvalue weighted by atomic mass is 10.2. The first-order valence-corrected chi connectivity index (χ1v) is 8.30. The fourth-order valence-electron chi connectivity index (χ4n) is 1.61. The van der Waals surface area contributed by atoms with E-state index in [0.29, 0.717) is 0 Å². The number of aromatic nitrogens is 4. The molecule has 0 aliphatic carbocycles. The Morgan fingerprint density at radius 2 is 2.05 bits per heavy atom. The van der Waals surface area contributed by atoms with Crippen LogP contribution in [0.3, 0.4) is 0 Å². The van der Waals surface area contributed by atoms with Gasteiger partial charge in [-0.2, -0.15) is 0 Å². The number of aryl methyl sites for hydroxylation is 1. The Labute approximate surface area is 121 Å². The third-order valence-corrected chi connectivity index (χ3v) is 4.46. The maximum absolute atomic E-state index is 3.94. The lowest BCUT2D eigenvalue weighted by Crippen LogP contribution is -2.83. The summed E-state index contributed by atoms with van der Waals surface area (Å²) >= 11 is 3.46. The summed E-state index contributed by atoms with van der Waals surface area (Å²) in [4.78, 5) is 1.31. The Kier molecular flexibility index (Phi) is 5.68. The van der Waals surface area contributed by atoms with Crippen molar-refractivity contribution in [3.63, 3.8) is 0 Å². The number of nitrogens with zero attached hydrogens (tertiary/aromatic N) is 4. The minimum Gasteiger partial charge on any atom is -0.342 e. The van der Waals surface area contributed by atoms with Crippen LogP contribution in [0.2, 0.25) is 0 Å². The van der Waals surface area contributed by atoms with Gasteiger partial charge in [0.05, 0.1) is 12.3 Å². The predicted octanol–water partition coefficient (Wildman–Crippen LogP) is 0.788. The molecule has 0 saturated heterocycles. The minimum absolute atomic E-state index is 0.873. The standard InChI is InChI=1S/C12H17N5S2/c1-17-12(14-15-16-17)19-8-7-13-9-10-3-5-11(18-2)6-4-10/h3-6,13H,7-9H2,1-2H3/p+1. The largest absolute Gasteiger partial charge is 0.342 e. The summed E-state index contributed by atoms with van der Waals surface area (Å²) in [7, 11) is 1.86. The zero-order valence-corrected chi connectivity index (χ0v) is 12.7. The topological polar surface area (TPSA) is 60.2 Å². The molecule has 19 heavy (non-hydrogen) atoms. The van der Waals surface area contributed by atoms with Crippen molar-refractivity contribution in [1.82, 2.24) is 20.2 Å². The quantitative estimate of drug-likeness (QED) is 0.604. The van der Waals surface area contributed by atoms with Gasteiger partial charge in [0.15, 0.2) is 0 Å². The van der Waals surface area contributed by atoms with Crippen molar-refractivity contribution in [2.75, 3.05) is 18.6 Å². The van der Waals surface area contributed by atoms with Crippen molar-refractivity contribution in [2.24, 2.45) is 7.05 Å². The molecular formula is C12H18N5S2+. The summed E-state index contributed by atoms with van der Waals surface area (Å²) < 4.78 is 1.70. The van der Waals surface area contributed by atoms with Crippen LogP contribution in [-0.2, 0) is 13.6 Å². The molecule has 0 bridgehead atoms. The third-order valence-electron chi connectivity index (χ3n) is 2.67. The molecule has 5 nitrogen and oxygen atoms in total.